The first-order chi connectivity index (χ1) is 13.2. The second-order valence-electron chi connectivity index (χ2n) is 7.26. The first kappa shape index (κ1) is 17.6. The molecule has 8 heteroatoms. The number of amides is 1. The Labute approximate surface area is 159 Å². The Bertz CT molecular complexity index is 751. The van der Waals surface area contributed by atoms with E-state index >= 15 is 0 Å². The summed E-state index contributed by atoms with van der Waals surface area (Å²) in [4.78, 5) is 36.3. The van der Waals surface area contributed by atoms with Crippen LogP contribution in [0.3, 0.4) is 0 Å². The number of aromatic nitrogens is 4. The monoisotopic (exact) mass is 367 g/mol. The van der Waals surface area contributed by atoms with Crippen LogP contribution in [0.2, 0.25) is 0 Å². The Morgan fingerprint density at radius 1 is 0.889 bits per heavy atom. The van der Waals surface area contributed by atoms with E-state index < -0.39 is 0 Å². The van der Waals surface area contributed by atoms with Crippen molar-refractivity contribution in [1.29, 1.82) is 0 Å². The summed E-state index contributed by atoms with van der Waals surface area (Å²) in [5.74, 6) is 2.27. The van der Waals surface area contributed by atoms with Crippen molar-refractivity contribution in [3.8, 4) is 0 Å². The summed E-state index contributed by atoms with van der Waals surface area (Å²) in [6.45, 7) is 7.17. The number of anilines is 2. The average Bonchev–Trinajstić information content (AvgIpc) is 2.75. The van der Waals surface area contributed by atoms with Crippen LogP contribution in [0, 0.1) is 5.92 Å². The van der Waals surface area contributed by atoms with E-state index in [0.717, 1.165) is 63.9 Å². The molecule has 0 saturated carbocycles. The first-order valence-electron chi connectivity index (χ1n) is 9.59. The molecular formula is C19H25N7O. The van der Waals surface area contributed by atoms with Crippen molar-refractivity contribution >= 4 is 17.7 Å². The van der Waals surface area contributed by atoms with E-state index in [-0.39, 0.29) is 5.91 Å². The fraction of sp³-hybridized carbons (Fsp3) is 0.526. The molecule has 4 rings (SSSR count). The predicted molar refractivity (Wildman–Crippen MR) is 103 cm³/mol. The van der Waals surface area contributed by atoms with Crippen molar-refractivity contribution in [3.05, 3.63) is 36.5 Å². The minimum Gasteiger partial charge on any atom is -0.352 e. The maximum absolute atomic E-state index is 12.6. The van der Waals surface area contributed by atoms with Crippen LogP contribution in [0.5, 0.6) is 0 Å². The zero-order valence-electron chi connectivity index (χ0n) is 15.7. The van der Waals surface area contributed by atoms with Crippen LogP contribution < -0.4 is 9.80 Å². The molecule has 2 fully saturated rings. The first-order valence-corrected chi connectivity index (χ1v) is 9.59. The molecule has 2 aliphatic rings. The fourth-order valence-corrected chi connectivity index (χ4v) is 3.56. The molecule has 0 bridgehead atoms. The molecule has 1 amide bonds. The van der Waals surface area contributed by atoms with Crippen LogP contribution >= 0.6 is 0 Å². The van der Waals surface area contributed by atoms with Crippen LogP contribution in [0.15, 0.2) is 30.9 Å². The van der Waals surface area contributed by atoms with Crippen molar-refractivity contribution in [2.75, 3.05) is 49.1 Å². The van der Waals surface area contributed by atoms with E-state index in [0.29, 0.717) is 11.6 Å². The highest BCUT2D eigenvalue weighted by atomic mass is 16.2. The number of piperazine rings is 1. The molecule has 0 N–H and O–H groups in total. The Morgan fingerprint density at radius 3 is 2.19 bits per heavy atom. The van der Waals surface area contributed by atoms with Gasteiger partial charge in [-0.1, -0.05) is 6.92 Å². The maximum atomic E-state index is 12.6. The number of carbonyl (C=O) groups is 1. The quantitative estimate of drug-likeness (QED) is 0.813. The Balaban J connectivity index is 1.35. The minimum absolute atomic E-state index is 0.00741. The molecule has 0 unspecified atom stereocenters. The van der Waals surface area contributed by atoms with Gasteiger partial charge in [0.15, 0.2) is 0 Å². The Kier molecular flexibility index (Phi) is 5.13. The number of hydrogen-bond acceptors (Lipinski definition) is 7. The van der Waals surface area contributed by atoms with Crippen molar-refractivity contribution in [2.45, 2.75) is 19.8 Å². The van der Waals surface area contributed by atoms with Gasteiger partial charge in [-0.05, 0) is 24.8 Å². The van der Waals surface area contributed by atoms with Gasteiger partial charge in [-0.2, -0.15) is 0 Å². The summed E-state index contributed by atoms with van der Waals surface area (Å²) < 4.78 is 0. The van der Waals surface area contributed by atoms with Gasteiger partial charge >= 0.3 is 0 Å². The lowest BCUT2D eigenvalue weighted by molar-refractivity contribution is 0.0691. The Hall–Kier alpha value is -2.77. The van der Waals surface area contributed by atoms with Gasteiger partial charge in [0.1, 0.15) is 11.5 Å². The molecule has 2 aromatic heterocycles. The number of nitrogens with zero attached hydrogens (tertiary/aromatic N) is 7. The lowest BCUT2D eigenvalue weighted by Gasteiger charge is -2.35. The third-order valence-corrected chi connectivity index (χ3v) is 5.37. The average molecular weight is 367 g/mol. The third-order valence-electron chi connectivity index (χ3n) is 5.37. The maximum Gasteiger partial charge on any atom is 0.274 e. The molecule has 0 spiro atoms. The molecule has 8 nitrogen and oxygen atoms in total. The highest BCUT2D eigenvalue weighted by Crippen LogP contribution is 2.19. The summed E-state index contributed by atoms with van der Waals surface area (Å²) in [5.41, 5.74) is 0.435. The molecule has 27 heavy (non-hydrogen) atoms. The van der Waals surface area contributed by atoms with Gasteiger partial charge in [0.2, 0.25) is 5.95 Å². The molecule has 2 saturated heterocycles. The van der Waals surface area contributed by atoms with Gasteiger partial charge in [-0.15, -0.1) is 0 Å². The predicted octanol–water partition coefficient (Wildman–Crippen LogP) is 1.47. The zero-order chi connectivity index (χ0) is 18.6. The summed E-state index contributed by atoms with van der Waals surface area (Å²) in [7, 11) is 0. The largest absolute Gasteiger partial charge is 0.352 e. The van der Waals surface area contributed by atoms with Crippen molar-refractivity contribution < 1.29 is 4.79 Å². The van der Waals surface area contributed by atoms with E-state index in [1.807, 2.05) is 11.0 Å². The second kappa shape index (κ2) is 7.85. The van der Waals surface area contributed by atoms with Gasteiger partial charge in [-0.3, -0.25) is 4.79 Å². The topological polar surface area (TPSA) is 78.4 Å². The molecule has 0 atom stereocenters. The number of carbonyl (C=O) groups excluding carboxylic acids is 1. The van der Waals surface area contributed by atoms with Gasteiger partial charge in [0, 0.05) is 51.7 Å². The molecular weight excluding hydrogens is 342 g/mol. The van der Waals surface area contributed by atoms with Crippen molar-refractivity contribution in [1.82, 2.24) is 24.8 Å². The van der Waals surface area contributed by atoms with Crippen LogP contribution in [-0.4, -0.2) is 70.0 Å². The standard InChI is InChI=1S/C19H25N7O/c1-15-3-7-25(8-4-15)18(27)16-13-23-17(14-22-16)24-9-11-26(12-10-24)19-20-5-2-6-21-19/h2,5-6,13-15H,3-4,7-12H2,1H3. The highest BCUT2D eigenvalue weighted by molar-refractivity contribution is 5.92. The number of likely N-dealkylation sites (tertiary alicyclic amines) is 1. The van der Waals surface area contributed by atoms with Crippen LogP contribution in [0.4, 0.5) is 11.8 Å². The van der Waals surface area contributed by atoms with E-state index in [4.69, 9.17) is 0 Å². The Morgan fingerprint density at radius 2 is 1.56 bits per heavy atom. The molecule has 0 radical (unpaired) electrons. The molecule has 0 aliphatic carbocycles. The van der Waals surface area contributed by atoms with Gasteiger partial charge in [0.05, 0.1) is 12.4 Å². The van der Waals surface area contributed by atoms with Crippen molar-refractivity contribution in [3.63, 3.8) is 0 Å². The molecule has 2 aliphatic heterocycles. The van der Waals surface area contributed by atoms with Crippen molar-refractivity contribution in [2.24, 2.45) is 5.92 Å². The minimum atomic E-state index is -0.00741. The number of hydrogen-bond donors (Lipinski definition) is 0. The van der Waals surface area contributed by atoms with Gasteiger partial charge in [-0.25, -0.2) is 19.9 Å². The molecule has 142 valence electrons. The summed E-state index contributed by atoms with van der Waals surface area (Å²) >= 11 is 0. The fourth-order valence-electron chi connectivity index (χ4n) is 3.56. The number of rotatable bonds is 3. The third kappa shape index (κ3) is 3.99. The van der Waals surface area contributed by atoms with Crippen LogP contribution in [0.1, 0.15) is 30.3 Å². The second-order valence-corrected chi connectivity index (χ2v) is 7.26. The van der Waals surface area contributed by atoms with Crippen LogP contribution in [0.25, 0.3) is 0 Å². The summed E-state index contributed by atoms with van der Waals surface area (Å²) in [6, 6.07) is 1.82. The van der Waals surface area contributed by atoms with Gasteiger partial charge in [0.25, 0.3) is 5.91 Å². The van der Waals surface area contributed by atoms with E-state index in [1.165, 1.54) is 0 Å². The van der Waals surface area contributed by atoms with E-state index in [2.05, 4.69) is 36.7 Å². The molecule has 0 aromatic carbocycles. The zero-order valence-corrected chi connectivity index (χ0v) is 15.7. The van der Waals surface area contributed by atoms with E-state index in [9.17, 15) is 4.79 Å². The summed E-state index contributed by atoms with van der Waals surface area (Å²) in [6.07, 6.45) is 8.98. The molecule has 4 heterocycles. The SMILES string of the molecule is CC1CCN(C(=O)c2cnc(N3CCN(c4ncccn4)CC3)cn2)CC1. The lowest BCUT2D eigenvalue weighted by Crippen LogP contribution is -2.47. The number of piperidine rings is 1. The summed E-state index contributed by atoms with van der Waals surface area (Å²) in [5, 5.41) is 0. The smallest absolute Gasteiger partial charge is 0.274 e. The normalized spacial score (nSPS) is 18.6. The van der Waals surface area contributed by atoms with E-state index in [1.54, 1.807) is 24.8 Å². The van der Waals surface area contributed by atoms with Gasteiger partial charge < -0.3 is 14.7 Å². The van der Waals surface area contributed by atoms with Crippen LogP contribution in [-0.2, 0) is 0 Å². The highest BCUT2D eigenvalue weighted by Gasteiger charge is 2.24. The lowest BCUT2D eigenvalue weighted by atomic mass is 9.99. The molecule has 2 aromatic rings.